The third-order valence-corrected chi connectivity index (χ3v) is 7.99. The number of benzene rings is 2. The maximum Gasteiger partial charge on any atom is 2.00 e. The summed E-state index contributed by atoms with van der Waals surface area (Å²) in [4.78, 5) is 33.1. The van der Waals surface area contributed by atoms with Crippen LogP contribution in [0.5, 0.6) is 0 Å². The summed E-state index contributed by atoms with van der Waals surface area (Å²) in [5, 5.41) is 30.1. The summed E-state index contributed by atoms with van der Waals surface area (Å²) in [7, 11) is 0. The Bertz CT molecular complexity index is 2570. The molecule has 2 aromatic carbocycles. The molecule has 8 aromatic rings. The average molecular weight is 804 g/mol. The minimum absolute atomic E-state index is 0. The molecule has 52 heavy (non-hydrogen) atoms. The van der Waals surface area contributed by atoms with E-state index in [1.165, 1.54) is 19.6 Å². The number of rotatable bonds is 6. The van der Waals surface area contributed by atoms with Gasteiger partial charge < -0.3 is 23.7 Å². The summed E-state index contributed by atoms with van der Waals surface area (Å²) in [6.45, 7) is 10.4. The van der Waals surface area contributed by atoms with Crippen LogP contribution in [-0.2, 0) is 32.6 Å². The van der Waals surface area contributed by atoms with Gasteiger partial charge in [0.2, 0.25) is 0 Å². The van der Waals surface area contributed by atoms with Crippen LogP contribution in [0.4, 0.5) is 0 Å². The Morgan fingerprint density at radius 2 is 1.08 bits per heavy atom. The minimum atomic E-state index is -0.224. The first-order valence-corrected chi connectivity index (χ1v) is 15.6. The molecule has 250 valence electrons. The molecule has 0 saturated heterocycles. The number of halogens is 1. The van der Waals surface area contributed by atoms with Gasteiger partial charge in [-0.15, -0.1) is 0 Å². The molecule has 0 bridgehead atoms. The average Bonchev–Trinajstić information content (AvgIpc) is 4.02. The monoisotopic (exact) mass is 801 g/mol. The molecule has 6 heterocycles. The van der Waals surface area contributed by atoms with E-state index in [0.29, 0.717) is 29.9 Å². The summed E-state index contributed by atoms with van der Waals surface area (Å²) in [6.07, 6.45) is 16.9. The number of imidazole rings is 2. The van der Waals surface area contributed by atoms with Crippen LogP contribution in [0, 0.1) is 35.0 Å². The third kappa shape index (κ3) is 8.17. The second kappa shape index (κ2) is 17.8. The summed E-state index contributed by atoms with van der Waals surface area (Å²) < 4.78 is 10.4. The quantitative estimate of drug-likeness (QED) is 0.175. The standard InChI is InChI=1S/C17H12N6O.C16H12BrN5O.2CN.Zn/c18-10-14-12-21(17(24)22-9-7-19-16(14)22)11-13-2-4-15(5-3-13)23-8-1-6-20-23;17-14-11-20(16(23)21-9-7-18-15(14)21)10-12-2-4-13(5-3-12)22-8-1-6-19-22;2*1-2;/h1-9,12H,11H2;1-9,11H,10H2;;;/q;;2*-1;+2. The Labute approximate surface area is 317 Å². The van der Waals surface area contributed by atoms with Gasteiger partial charge in [-0.1, -0.05) is 24.3 Å². The van der Waals surface area contributed by atoms with Crippen molar-refractivity contribution in [1.29, 1.82) is 15.8 Å². The van der Waals surface area contributed by atoms with Crippen LogP contribution in [0.2, 0.25) is 0 Å². The van der Waals surface area contributed by atoms with E-state index in [-0.39, 0.29) is 30.9 Å². The van der Waals surface area contributed by atoms with Crippen LogP contribution in [0.15, 0.2) is 137 Å². The summed E-state index contributed by atoms with van der Waals surface area (Å²) in [5.41, 5.74) is 4.96. The van der Waals surface area contributed by atoms with Crippen molar-refractivity contribution in [2.24, 2.45) is 0 Å². The van der Waals surface area contributed by atoms with Crippen molar-refractivity contribution in [3.63, 3.8) is 0 Å². The second-order valence-electron chi connectivity index (χ2n) is 10.4. The number of aromatic nitrogens is 10. The zero-order valence-corrected chi connectivity index (χ0v) is 31.7. The molecule has 0 fully saturated rings. The van der Waals surface area contributed by atoms with E-state index in [1.807, 2.05) is 73.1 Å². The van der Waals surface area contributed by atoms with Crippen LogP contribution in [0.25, 0.3) is 22.7 Å². The molecule has 0 saturated carbocycles. The van der Waals surface area contributed by atoms with Crippen molar-refractivity contribution < 1.29 is 19.5 Å². The Morgan fingerprint density at radius 3 is 1.52 bits per heavy atom. The van der Waals surface area contributed by atoms with Crippen LogP contribution in [0.3, 0.4) is 0 Å². The van der Waals surface area contributed by atoms with Gasteiger partial charge in [0.25, 0.3) is 0 Å². The van der Waals surface area contributed by atoms with E-state index in [1.54, 1.807) is 57.3 Å². The van der Waals surface area contributed by atoms with Crippen LogP contribution in [-0.4, -0.2) is 47.5 Å². The molecule has 0 aliphatic heterocycles. The predicted molar refractivity (Wildman–Crippen MR) is 187 cm³/mol. The number of hydrogen-bond donors (Lipinski definition) is 0. The van der Waals surface area contributed by atoms with Crippen molar-refractivity contribution >= 4 is 27.2 Å². The molecule has 0 aliphatic carbocycles. The van der Waals surface area contributed by atoms with Gasteiger partial charge in [-0.25, -0.2) is 28.9 Å². The minimum Gasteiger partial charge on any atom is -0.512 e. The van der Waals surface area contributed by atoms with Gasteiger partial charge in [-0.05, 0) is 63.5 Å². The summed E-state index contributed by atoms with van der Waals surface area (Å²) >= 11 is 3.46. The fraction of sp³-hybridized carbons (Fsp3) is 0.0571. The third-order valence-electron chi connectivity index (χ3n) is 7.43. The van der Waals surface area contributed by atoms with Gasteiger partial charge in [0.05, 0.1) is 28.9 Å². The molecule has 0 amide bonds. The van der Waals surface area contributed by atoms with Crippen LogP contribution in [0.1, 0.15) is 16.7 Å². The van der Waals surface area contributed by atoms with Gasteiger partial charge >= 0.3 is 30.9 Å². The van der Waals surface area contributed by atoms with Gasteiger partial charge in [0.15, 0.2) is 11.3 Å². The second-order valence-corrected chi connectivity index (χ2v) is 11.3. The van der Waals surface area contributed by atoms with Gasteiger partial charge in [-0.3, -0.25) is 17.9 Å². The smallest absolute Gasteiger partial charge is 0.512 e. The molecule has 17 heteroatoms. The molecule has 0 radical (unpaired) electrons. The molecule has 0 unspecified atom stereocenters. The Morgan fingerprint density at radius 1 is 0.635 bits per heavy atom. The number of nitrogens with zero attached hydrogens (tertiary/aromatic N) is 13. The van der Waals surface area contributed by atoms with Gasteiger partial charge in [0.1, 0.15) is 11.6 Å². The zero-order chi connectivity index (χ0) is 36.3. The molecule has 0 spiro atoms. The molecule has 6 aromatic heterocycles. The Balaban J connectivity index is 0.000000209. The summed E-state index contributed by atoms with van der Waals surface area (Å²) in [6, 6.07) is 21.5. The topological polar surface area (TPSA) is 186 Å². The molecular formula is C35H24BrN13O2Zn. The first kappa shape index (κ1) is 38.1. The van der Waals surface area contributed by atoms with Crippen molar-refractivity contribution in [2.75, 3.05) is 0 Å². The van der Waals surface area contributed by atoms with E-state index in [4.69, 9.17) is 23.7 Å². The number of fused-ring (bicyclic) bond motifs is 2. The molecular weight excluding hydrogens is 780 g/mol. The van der Waals surface area contributed by atoms with E-state index >= 15 is 0 Å². The fourth-order valence-corrected chi connectivity index (χ4v) is 5.68. The summed E-state index contributed by atoms with van der Waals surface area (Å²) in [5.74, 6) is 0. The van der Waals surface area contributed by atoms with Crippen molar-refractivity contribution in [3.05, 3.63) is 178 Å². The van der Waals surface area contributed by atoms with Crippen molar-refractivity contribution in [3.8, 4) is 17.4 Å². The van der Waals surface area contributed by atoms with E-state index in [9.17, 15) is 14.9 Å². The van der Waals surface area contributed by atoms with Crippen molar-refractivity contribution in [1.82, 2.24) is 47.5 Å². The zero-order valence-electron chi connectivity index (χ0n) is 27.2. The number of hydrogen-bond acceptors (Lipinski definition) is 9. The molecule has 0 N–H and O–H groups in total. The van der Waals surface area contributed by atoms with E-state index in [0.717, 1.165) is 27.0 Å². The van der Waals surface area contributed by atoms with Crippen molar-refractivity contribution in [2.45, 2.75) is 13.1 Å². The first-order chi connectivity index (χ1) is 25.0. The molecule has 8 rings (SSSR count). The Hall–Kier alpha value is -6.73. The van der Waals surface area contributed by atoms with Gasteiger partial charge in [-0.2, -0.15) is 15.5 Å². The predicted octanol–water partition coefficient (Wildman–Crippen LogP) is 4.28. The van der Waals surface area contributed by atoms with Crippen LogP contribution < -0.4 is 11.4 Å². The molecule has 0 aliphatic rings. The molecule has 15 nitrogen and oxygen atoms in total. The fourth-order valence-electron chi connectivity index (χ4n) is 5.14. The number of nitriles is 1. The maximum absolute atomic E-state index is 12.5. The van der Waals surface area contributed by atoms with E-state index < -0.39 is 0 Å². The maximum atomic E-state index is 12.5. The largest absolute Gasteiger partial charge is 2.00 e. The van der Waals surface area contributed by atoms with Crippen LogP contribution >= 0.6 is 15.9 Å². The first-order valence-electron chi connectivity index (χ1n) is 14.8. The normalized spacial score (nSPS) is 10.0. The van der Waals surface area contributed by atoms with Gasteiger partial charge in [0, 0.05) is 62.0 Å². The van der Waals surface area contributed by atoms with E-state index in [2.05, 4.69) is 42.2 Å². The Kier molecular flexibility index (Phi) is 13.0. The molecule has 0 atom stereocenters. The SMILES string of the molecule is N#Cc1cn(Cc2ccc(-n3cccn3)cc2)c(=O)n2ccnc12.O=c1n(Cc2ccc(-n3cccn3)cc2)cc(Br)c2nccn12.[C-]#N.[C-]#N.[Zn+2].